The zero-order valence-electron chi connectivity index (χ0n) is 9.40. The summed E-state index contributed by atoms with van der Waals surface area (Å²) < 4.78 is 1.72. The van der Waals surface area contributed by atoms with Crippen molar-refractivity contribution in [2.24, 2.45) is 7.05 Å². The van der Waals surface area contributed by atoms with Crippen LogP contribution in [0.25, 0.3) is 0 Å². The Kier molecular flexibility index (Phi) is 4.56. The van der Waals surface area contributed by atoms with Gasteiger partial charge in [0.1, 0.15) is 0 Å². The lowest BCUT2D eigenvalue weighted by Crippen LogP contribution is -2.39. The number of hydrogen-bond donors (Lipinski definition) is 2. The maximum Gasteiger partial charge on any atom is 0.0833 e. The van der Waals surface area contributed by atoms with E-state index in [2.05, 4.69) is 15.6 Å². The number of aryl methyl sites for hydroxylation is 1. The van der Waals surface area contributed by atoms with Crippen LogP contribution < -0.4 is 5.32 Å². The predicted molar refractivity (Wildman–Crippen MR) is 61.7 cm³/mol. The SMILES string of the molecule is CSCC(C)(O)CNCc1cnnn1C. The highest BCUT2D eigenvalue weighted by atomic mass is 32.2. The second-order valence-electron chi connectivity index (χ2n) is 3.88. The summed E-state index contributed by atoms with van der Waals surface area (Å²) >= 11 is 1.64. The van der Waals surface area contributed by atoms with Crippen LogP contribution in [-0.4, -0.2) is 44.3 Å². The minimum absolute atomic E-state index is 0.568. The maximum atomic E-state index is 9.89. The fraction of sp³-hybridized carbons (Fsp3) is 0.778. The number of rotatable bonds is 6. The molecule has 1 atom stereocenters. The molecule has 1 heterocycles. The molecule has 0 radical (unpaired) electrons. The first-order chi connectivity index (χ1) is 7.05. The van der Waals surface area contributed by atoms with Crippen molar-refractivity contribution in [2.45, 2.75) is 19.1 Å². The van der Waals surface area contributed by atoms with Crippen molar-refractivity contribution >= 4 is 11.8 Å². The molecule has 0 aliphatic rings. The van der Waals surface area contributed by atoms with Gasteiger partial charge in [-0.05, 0) is 13.2 Å². The third kappa shape index (κ3) is 4.19. The van der Waals surface area contributed by atoms with E-state index < -0.39 is 5.60 Å². The Morgan fingerprint density at radius 2 is 2.40 bits per heavy atom. The van der Waals surface area contributed by atoms with Crippen LogP contribution in [0.1, 0.15) is 12.6 Å². The number of aromatic nitrogens is 3. The molecule has 15 heavy (non-hydrogen) atoms. The topological polar surface area (TPSA) is 63.0 Å². The summed E-state index contributed by atoms with van der Waals surface area (Å²) in [6, 6.07) is 0. The average molecular weight is 230 g/mol. The summed E-state index contributed by atoms with van der Waals surface area (Å²) in [5.74, 6) is 0.726. The number of aliphatic hydroxyl groups is 1. The quantitative estimate of drug-likeness (QED) is 0.721. The van der Waals surface area contributed by atoms with Gasteiger partial charge < -0.3 is 10.4 Å². The van der Waals surface area contributed by atoms with E-state index in [0.29, 0.717) is 13.1 Å². The number of nitrogens with one attached hydrogen (secondary N) is 1. The van der Waals surface area contributed by atoms with Crippen LogP contribution in [0.5, 0.6) is 0 Å². The highest BCUT2D eigenvalue weighted by molar-refractivity contribution is 7.98. The lowest BCUT2D eigenvalue weighted by molar-refractivity contribution is 0.0844. The summed E-state index contributed by atoms with van der Waals surface area (Å²) in [4.78, 5) is 0. The second-order valence-corrected chi connectivity index (χ2v) is 4.75. The standard InChI is InChI=1S/C9H18N4OS/c1-9(14,7-15-3)6-10-4-8-5-11-12-13(8)2/h5,10,14H,4,6-7H2,1-3H3. The van der Waals surface area contributed by atoms with Gasteiger partial charge in [-0.1, -0.05) is 5.21 Å². The molecule has 2 N–H and O–H groups in total. The summed E-state index contributed by atoms with van der Waals surface area (Å²) in [6.45, 7) is 3.07. The number of nitrogens with zero attached hydrogens (tertiary/aromatic N) is 3. The van der Waals surface area contributed by atoms with E-state index >= 15 is 0 Å². The van der Waals surface area contributed by atoms with Crippen LogP contribution in [-0.2, 0) is 13.6 Å². The van der Waals surface area contributed by atoms with Gasteiger partial charge in [0.05, 0.1) is 17.5 Å². The third-order valence-corrected chi connectivity index (χ3v) is 2.99. The highest BCUT2D eigenvalue weighted by Crippen LogP contribution is 2.09. The first-order valence-corrected chi connectivity index (χ1v) is 6.20. The minimum Gasteiger partial charge on any atom is -0.388 e. The van der Waals surface area contributed by atoms with Gasteiger partial charge in [0, 0.05) is 25.9 Å². The van der Waals surface area contributed by atoms with Gasteiger partial charge in [0.25, 0.3) is 0 Å². The highest BCUT2D eigenvalue weighted by Gasteiger charge is 2.18. The van der Waals surface area contributed by atoms with Crippen molar-refractivity contribution in [1.29, 1.82) is 0 Å². The Labute approximate surface area is 94.2 Å². The minimum atomic E-state index is -0.661. The molecule has 0 amide bonds. The summed E-state index contributed by atoms with van der Waals surface area (Å²) in [5, 5.41) is 20.7. The Bertz CT molecular complexity index is 300. The predicted octanol–water partition coefficient (Wildman–Crippen LogP) is 0.0187. The van der Waals surface area contributed by atoms with Gasteiger partial charge in [0.15, 0.2) is 0 Å². The van der Waals surface area contributed by atoms with Gasteiger partial charge in [-0.3, -0.25) is 4.68 Å². The van der Waals surface area contributed by atoms with Crippen LogP contribution in [0.15, 0.2) is 6.20 Å². The fourth-order valence-electron chi connectivity index (χ4n) is 1.29. The molecule has 6 heteroatoms. The smallest absolute Gasteiger partial charge is 0.0833 e. The van der Waals surface area contributed by atoms with Crippen molar-refractivity contribution in [3.05, 3.63) is 11.9 Å². The molecule has 0 saturated carbocycles. The van der Waals surface area contributed by atoms with Crippen molar-refractivity contribution < 1.29 is 5.11 Å². The number of hydrogen-bond acceptors (Lipinski definition) is 5. The molecule has 0 saturated heterocycles. The molecular formula is C9H18N4OS. The Balaban J connectivity index is 2.30. The van der Waals surface area contributed by atoms with Crippen LogP contribution in [0.3, 0.4) is 0 Å². The van der Waals surface area contributed by atoms with Crippen molar-refractivity contribution in [3.63, 3.8) is 0 Å². The molecule has 1 rings (SSSR count). The van der Waals surface area contributed by atoms with E-state index in [0.717, 1.165) is 11.4 Å². The van der Waals surface area contributed by atoms with E-state index in [-0.39, 0.29) is 0 Å². The lowest BCUT2D eigenvalue weighted by atomic mass is 10.1. The van der Waals surface area contributed by atoms with E-state index in [1.807, 2.05) is 20.2 Å². The van der Waals surface area contributed by atoms with E-state index in [1.165, 1.54) is 0 Å². The largest absolute Gasteiger partial charge is 0.388 e. The van der Waals surface area contributed by atoms with Crippen molar-refractivity contribution in [2.75, 3.05) is 18.6 Å². The second kappa shape index (κ2) is 5.48. The monoisotopic (exact) mass is 230 g/mol. The fourth-order valence-corrected chi connectivity index (χ4v) is 2.02. The van der Waals surface area contributed by atoms with Crippen molar-refractivity contribution in [1.82, 2.24) is 20.3 Å². The Hall–Kier alpha value is -0.590. The molecule has 1 unspecified atom stereocenters. The Morgan fingerprint density at radius 1 is 1.67 bits per heavy atom. The Morgan fingerprint density at radius 3 is 2.93 bits per heavy atom. The molecule has 0 spiro atoms. The van der Waals surface area contributed by atoms with Gasteiger partial charge >= 0.3 is 0 Å². The van der Waals surface area contributed by atoms with Gasteiger partial charge in [0.2, 0.25) is 0 Å². The summed E-state index contributed by atoms with van der Waals surface area (Å²) in [6.07, 6.45) is 3.70. The average Bonchev–Trinajstić information content (AvgIpc) is 2.51. The van der Waals surface area contributed by atoms with Gasteiger partial charge in [-0.25, -0.2) is 0 Å². The van der Waals surface area contributed by atoms with E-state index in [4.69, 9.17) is 0 Å². The molecule has 0 aromatic carbocycles. The van der Waals surface area contributed by atoms with Crippen molar-refractivity contribution in [3.8, 4) is 0 Å². The molecule has 86 valence electrons. The van der Waals surface area contributed by atoms with Gasteiger partial charge in [-0.2, -0.15) is 11.8 Å². The van der Waals surface area contributed by atoms with Crippen LogP contribution in [0.4, 0.5) is 0 Å². The first-order valence-electron chi connectivity index (χ1n) is 4.81. The van der Waals surface area contributed by atoms with E-state index in [9.17, 15) is 5.11 Å². The molecule has 1 aromatic heterocycles. The maximum absolute atomic E-state index is 9.89. The normalized spacial score (nSPS) is 15.2. The first kappa shape index (κ1) is 12.5. The molecule has 0 bridgehead atoms. The zero-order chi connectivity index (χ0) is 11.3. The molecule has 1 aromatic rings. The van der Waals surface area contributed by atoms with Gasteiger partial charge in [-0.15, -0.1) is 5.10 Å². The molecule has 0 aliphatic carbocycles. The number of thioether (sulfide) groups is 1. The molecule has 0 aliphatic heterocycles. The lowest BCUT2D eigenvalue weighted by Gasteiger charge is -2.22. The zero-order valence-corrected chi connectivity index (χ0v) is 10.2. The molecule has 0 fully saturated rings. The van der Waals surface area contributed by atoms with Crippen LogP contribution >= 0.6 is 11.8 Å². The summed E-state index contributed by atoms with van der Waals surface area (Å²) in [7, 11) is 1.85. The summed E-state index contributed by atoms with van der Waals surface area (Å²) in [5.41, 5.74) is 0.348. The van der Waals surface area contributed by atoms with Crippen LogP contribution in [0, 0.1) is 0 Å². The molecule has 5 nitrogen and oxygen atoms in total. The van der Waals surface area contributed by atoms with E-state index in [1.54, 1.807) is 22.6 Å². The van der Waals surface area contributed by atoms with Crippen LogP contribution in [0.2, 0.25) is 0 Å². The molecular weight excluding hydrogens is 212 g/mol. The third-order valence-electron chi connectivity index (χ3n) is 2.08.